The van der Waals surface area contributed by atoms with Gasteiger partial charge in [0.2, 0.25) is 0 Å². The van der Waals surface area contributed by atoms with Crippen LogP contribution in [0.2, 0.25) is 0 Å². The number of hydrogen-bond acceptors (Lipinski definition) is 5. The molecule has 0 atom stereocenters. The summed E-state index contributed by atoms with van der Waals surface area (Å²) in [5, 5.41) is 26.5. The number of benzene rings is 2. The van der Waals surface area contributed by atoms with E-state index in [4.69, 9.17) is 5.73 Å². The second-order valence-corrected chi connectivity index (χ2v) is 7.58. The maximum Gasteiger partial charge on any atom is 0.160 e. The molecule has 5 nitrogen and oxygen atoms in total. The van der Waals surface area contributed by atoms with E-state index >= 15 is 0 Å². The number of unbranched alkanes of at least 4 members (excludes halogenated alkanes) is 3. The van der Waals surface area contributed by atoms with Gasteiger partial charge >= 0.3 is 0 Å². The van der Waals surface area contributed by atoms with Crippen molar-refractivity contribution in [2.75, 3.05) is 31.9 Å². The molecule has 0 heterocycles. The molecule has 0 aliphatic carbocycles. The number of phenolic OH excluding ortho intramolecular Hbond substituents is 2. The van der Waals surface area contributed by atoms with Crippen molar-refractivity contribution >= 4 is 5.69 Å². The van der Waals surface area contributed by atoms with Gasteiger partial charge in [0, 0.05) is 11.3 Å². The molecule has 0 radical (unpaired) electrons. The third-order valence-corrected chi connectivity index (χ3v) is 5.31. The summed E-state index contributed by atoms with van der Waals surface area (Å²) in [7, 11) is 0. The fourth-order valence-electron chi connectivity index (χ4n) is 3.54. The van der Waals surface area contributed by atoms with E-state index in [-0.39, 0.29) is 11.5 Å². The van der Waals surface area contributed by atoms with Crippen LogP contribution in [0.4, 0.5) is 5.69 Å². The Morgan fingerprint density at radius 3 is 2.00 bits per heavy atom. The van der Waals surface area contributed by atoms with Crippen LogP contribution < -0.4 is 16.4 Å². The lowest BCUT2D eigenvalue weighted by molar-refractivity contribution is 0.399. The number of anilines is 1. The zero-order chi connectivity index (χ0) is 20.9. The maximum absolute atomic E-state index is 9.94. The van der Waals surface area contributed by atoms with Crippen molar-refractivity contribution in [3.63, 3.8) is 0 Å². The van der Waals surface area contributed by atoms with E-state index in [1.54, 1.807) is 6.07 Å². The first-order valence-corrected chi connectivity index (χ1v) is 10.9. The number of nitrogens with one attached hydrogen (secondary N) is 2. The second kappa shape index (κ2) is 13.1. The Morgan fingerprint density at radius 2 is 1.38 bits per heavy atom. The summed E-state index contributed by atoms with van der Waals surface area (Å²) in [6, 6.07) is 11.6. The van der Waals surface area contributed by atoms with Gasteiger partial charge in [0.1, 0.15) is 0 Å². The topological polar surface area (TPSA) is 90.5 Å². The van der Waals surface area contributed by atoms with E-state index in [9.17, 15) is 10.2 Å². The van der Waals surface area contributed by atoms with Crippen molar-refractivity contribution in [3.05, 3.63) is 53.1 Å². The molecular formula is C24H37N3O2. The zero-order valence-electron chi connectivity index (χ0n) is 17.7. The van der Waals surface area contributed by atoms with Crippen molar-refractivity contribution in [3.8, 4) is 11.5 Å². The molecule has 2 aromatic carbocycles. The summed E-state index contributed by atoms with van der Waals surface area (Å²) in [5.41, 5.74) is 9.81. The molecule has 160 valence electrons. The van der Waals surface area contributed by atoms with Crippen LogP contribution in [0.25, 0.3) is 0 Å². The van der Waals surface area contributed by atoms with Gasteiger partial charge in [-0.2, -0.15) is 0 Å². The zero-order valence-corrected chi connectivity index (χ0v) is 17.7. The first-order chi connectivity index (χ1) is 14.1. The number of nitrogen functional groups attached to an aromatic ring is 1. The summed E-state index contributed by atoms with van der Waals surface area (Å²) in [4.78, 5) is 0. The van der Waals surface area contributed by atoms with Gasteiger partial charge in [0.25, 0.3) is 0 Å². The third-order valence-electron chi connectivity index (χ3n) is 5.31. The lowest BCUT2D eigenvalue weighted by atomic mass is 10.0. The molecule has 5 heteroatoms. The minimum absolute atomic E-state index is 0.0294. The van der Waals surface area contributed by atoms with Crippen LogP contribution >= 0.6 is 0 Å². The van der Waals surface area contributed by atoms with Crippen molar-refractivity contribution in [2.24, 2.45) is 0 Å². The lowest BCUT2D eigenvalue weighted by Gasteiger charge is -2.12. The van der Waals surface area contributed by atoms with Crippen LogP contribution in [0.1, 0.15) is 49.3 Å². The average molecular weight is 400 g/mol. The van der Waals surface area contributed by atoms with Crippen LogP contribution in [0.15, 0.2) is 36.4 Å². The van der Waals surface area contributed by atoms with Crippen LogP contribution in [0.3, 0.4) is 0 Å². The van der Waals surface area contributed by atoms with Gasteiger partial charge in [-0.05, 0) is 87.6 Å². The predicted octanol–water partition coefficient (Wildman–Crippen LogP) is 3.77. The molecule has 0 aliphatic heterocycles. The van der Waals surface area contributed by atoms with Gasteiger partial charge in [0.05, 0.1) is 0 Å². The molecule has 0 bridgehead atoms. The Bertz CT molecular complexity index is 717. The molecule has 0 saturated carbocycles. The summed E-state index contributed by atoms with van der Waals surface area (Å²) in [6.07, 6.45) is 7.54. The Kier molecular flexibility index (Phi) is 10.4. The molecule has 6 N–H and O–H groups in total. The Labute approximate surface area is 175 Å². The van der Waals surface area contributed by atoms with Gasteiger partial charge in [-0.3, -0.25) is 0 Å². The molecule has 0 saturated heterocycles. The Hall–Kier alpha value is -2.24. The normalized spacial score (nSPS) is 11.1. The summed E-state index contributed by atoms with van der Waals surface area (Å²) in [5.74, 6) is 0.00498. The smallest absolute Gasteiger partial charge is 0.160 e. The van der Waals surface area contributed by atoms with Crippen LogP contribution in [-0.4, -0.2) is 36.4 Å². The van der Waals surface area contributed by atoms with E-state index in [0.717, 1.165) is 62.3 Å². The quantitative estimate of drug-likeness (QED) is 0.190. The van der Waals surface area contributed by atoms with Gasteiger partial charge < -0.3 is 26.6 Å². The van der Waals surface area contributed by atoms with E-state index in [1.165, 1.54) is 31.2 Å². The summed E-state index contributed by atoms with van der Waals surface area (Å²) in [6.45, 7) is 6.00. The second-order valence-electron chi connectivity index (χ2n) is 7.58. The van der Waals surface area contributed by atoms with E-state index in [0.29, 0.717) is 0 Å². The van der Waals surface area contributed by atoms with Gasteiger partial charge in [-0.1, -0.05) is 38.0 Å². The van der Waals surface area contributed by atoms with E-state index < -0.39 is 0 Å². The predicted molar refractivity (Wildman–Crippen MR) is 122 cm³/mol. The molecule has 2 aromatic rings. The highest BCUT2D eigenvalue weighted by Gasteiger charge is 2.09. The number of rotatable bonds is 14. The monoisotopic (exact) mass is 399 g/mol. The number of nitrogens with two attached hydrogens (primary N) is 1. The molecule has 0 unspecified atom stereocenters. The van der Waals surface area contributed by atoms with Crippen LogP contribution in [-0.2, 0) is 19.3 Å². The highest BCUT2D eigenvalue weighted by molar-refractivity contribution is 5.49. The minimum Gasteiger partial charge on any atom is -0.504 e. The van der Waals surface area contributed by atoms with E-state index in [2.05, 4.69) is 22.8 Å². The summed E-state index contributed by atoms with van der Waals surface area (Å²) >= 11 is 0. The number of phenols is 2. The third kappa shape index (κ3) is 8.34. The molecule has 0 amide bonds. The van der Waals surface area contributed by atoms with Gasteiger partial charge in [0.15, 0.2) is 11.5 Å². The number of aromatic hydroxyl groups is 2. The van der Waals surface area contributed by atoms with Gasteiger partial charge in [-0.15, -0.1) is 0 Å². The average Bonchev–Trinajstić information content (AvgIpc) is 2.72. The lowest BCUT2D eigenvalue weighted by Crippen LogP contribution is -2.19. The molecule has 0 fully saturated rings. The van der Waals surface area contributed by atoms with Crippen LogP contribution in [0, 0.1) is 0 Å². The van der Waals surface area contributed by atoms with E-state index in [1.807, 2.05) is 25.1 Å². The highest BCUT2D eigenvalue weighted by atomic mass is 16.3. The molecule has 29 heavy (non-hydrogen) atoms. The molecule has 0 aliphatic rings. The Balaban J connectivity index is 1.44. The fourth-order valence-corrected chi connectivity index (χ4v) is 3.54. The first kappa shape index (κ1) is 23.0. The largest absolute Gasteiger partial charge is 0.504 e. The van der Waals surface area contributed by atoms with Crippen molar-refractivity contribution in [2.45, 2.75) is 51.9 Å². The standard InChI is InChI=1S/C24H37N3O2/c1-2-22-20(9-12-23(28)24(22)29)14-18-27-16-6-4-3-5-15-26-17-13-19-7-10-21(25)11-8-19/h7-12,26-29H,2-6,13-18,25H2,1H3. The van der Waals surface area contributed by atoms with Crippen LogP contribution in [0.5, 0.6) is 11.5 Å². The van der Waals surface area contributed by atoms with Crippen molar-refractivity contribution in [1.82, 2.24) is 10.6 Å². The Morgan fingerprint density at radius 1 is 0.759 bits per heavy atom. The highest BCUT2D eigenvalue weighted by Crippen LogP contribution is 2.31. The minimum atomic E-state index is -0.0294. The SMILES string of the molecule is CCc1c(CCNCCCCCCNCCc2ccc(N)cc2)ccc(O)c1O. The molecule has 0 spiro atoms. The molecular weight excluding hydrogens is 362 g/mol. The number of hydrogen-bond donors (Lipinski definition) is 5. The summed E-state index contributed by atoms with van der Waals surface area (Å²) < 4.78 is 0. The van der Waals surface area contributed by atoms with Gasteiger partial charge in [-0.25, -0.2) is 0 Å². The van der Waals surface area contributed by atoms with Crippen molar-refractivity contribution in [1.29, 1.82) is 0 Å². The first-order valence-electron chi connectivity index (χ1n) is 10.9. The fraction of sp³-hybridized carbons (Fsp3) is 0.500. The molecule has 2 rings (SSSR count). The maximum atomic E-state index is 9.94. The molecule has 0 aromatic heterocycles. The van der Waals surface area contributed by atoms with Crippen molar-refractivity contribution < 1.29 is 10.2 Å².